The Hall–Kier alpha value is -1.01. The van der Waals surface area contributed by atoms with Crippen LogP contribution in [-0.4, -0.2) is 28.1 Å². The van der Waals surface area contributed by atoms with Crippen LogP contribution in [0, 0.1) is 5.92 Å². The van der Waals surface area contributed by atoms with Gasteiger partial charge in [-0.25, -0.2) is 0 Å². The van der Waals surface area contributed by atoms with Crippen LogP contribution in [0.3, 0.4) is 0 Å². The molecule has 0 radical (unpaired) electrons. The highest BCUT2D eigenvalue weighted by Crippen LogP contribution is 2.31. The number of hydrogen-bond donors (Lipinski definition) is 2. The minimum Gasteiger partial charge on any atom is -0.350 e. The van der Waals surface area contributed by atoms with Gasteiger partial charge in [-0.3, -0.25) is 4.79 Å². The number of aromatic nitrogens is 2. The molecule has 1 aromatic heterocycles. The second-order valence-electron chi connectivity index (χ2n) is 5.91. The largest absolute Gasteiger partial charge is 0.350 e. The lowest BCUT2D eigenvalue weighted by Gasteiger charge is -2.17. The minimum atomic E-state index is -0.168. The van der Waals surface area contributed by atoms with Crippen molar-refractivity contribution in [2.24, 2.45) is 11.7 Å². The summed E-state index contributed by atoms with van der Waals surface area (Å²) in [6.45, 7) is 6.61. The Balaban J connectivity index is 1.98. The van der Waals surface area contributed by atoms with Crippen molar-refractivity contribution in [1.29, 1.82) is 0 Å². The summed E-state index contributed by atoms with van der Waals surface area (Å²) in [5.41, 5.74) is 6.55. The number of hydrogen-bond acceptors (Lipinski definition) is 5. The topological polar surface area (TPSA) is 80.9 Å². The van der Waals surface area contributed by atoms with Crippen molar-refractivity contribution in [2.45, 2.75) is 45.1 Å². The molecule has 0 bridgehead atoms. The van der Waals surface area contributed by atoms with Crippen LogP contribution in [0.4, 0.5) is 0 Å². The molecule has 1 amide bonds. The molecule has 1 saturated carbocycles. The first-order valence-electron chi connectivity index (χ1n) is 6.26. The Morgan fingerprint density at radius 2 is 2.22 bits per heavy atom. The van der Waals surface area contributed by atoms with E-state index in [1.54, 1.807) is 0 Å². The molecule has 18 heavy (non-hydrogen) atoms. The Morgan fingerprint density at radius 1 is 1.56 bits per heavy atom. The van der Waals surface area contributed by atoms with Crippen molar-refractivity contribution in [1.82, 2.24) is 14.9 Å². The first-order chi connectivity index (χ1) is 8.39. The van der Waals surface area contributed by atoms with Gasteiger partial charge in [-0.2, -0.15) is 0 Å². The van der Waals surface area contributed by atoms with E-state index in [1.807, 2.05) is 20.8 Å². The van der Waals surface area contributed by atoms with E-state index in [0.717, 1.165) is 17.2 Å². The third kappa shape index (κ3) is 3.05. The summed E-state index contributed by atoms with van der Waals surface area (Å²) in [6.07, 6.45) is 2.37. The van der Waals surface area contributed by atoms with Gasteiger partial charge in [-0.05, 0) is 30.3 Å². The third-order valence-corrected chi connectivity index (χ3v) is 3.86. The smallest absolute Gasteiger partial charge is 0.265 e. The maximum atomic E-state index is 12.1. The monoisotopic (exact) mass is 268 g/mol. The Bertz CT molecular complexity index is 434. The lowest BCUT2D eigenvalue weighted by Crippen LogP contribution is -2.38. The lowest BCUT2D eigenvalue weighted by molar-refractivity contribution is 0.0952. The zero-order valence-corrected chi connectivity index (χ0v) is 11.9. The van der Waals surface area contributed by atoms with E-state index < -0.39 is 0 Å². The molecule has 1 aliphatic rings. The fourth-order valence-corrected chi connectivity index (χ4v) is 2.60. The highest BCUT2D eigenvalue weighted by Gasteiger charge is 2.30. The standard InChI is InChI=1S/C12H20N4OS/c1-12(2,3)10-9(18-16-15-10)11(17)14-6-8(13)7-4-5-7/h7-8H,4-6,13H2,1-3H3,(H,14,17). The molecule has 1 heterocycles. The van der Waals surface area contributed by atoms with Gasteiger partial charge in [0.25, 0.3) is 5.91 Å². The molecule has 1 aliphatic carbocycles. The second-order valence-corrected chi connectivity index (χ2v) is 6.67. The van der Waals surface area contributed by atoms with Crippen molar-refractivity contribution < 1.29 is 4.79 Å². The molecule has 1 fully saturated rings. The highest BCUT2D eigenvalue weighted by atomic mass is 32.1. The Morgan fingerprint density at radius 3 is 2.78 bits per heavy atom. The summed E-state index contributed by atoms with van der Waals surface area (Å²) in [6, 6.07) is 0.0768. The third-order valence-electron chi connectivity index (χ3n) is 3.13. The van der Waals surface area contributed by atoms with Crippen molar-refractivity contribution in [3.8, 4) is 0 Å². The van der Waals surface area contributed by atoms with Gasteiger partial charge in [0, 0.05) is 18.0 Å². The summed E-state index contributed by atoms with van der Waals surface area (Å²) in [7, 11) is 0. The number of amides is 1. The molecule has 1 unspecified atom stereocenters. The molecule has 2 rings (SSSR count). The normalized spacial score (nSPS) is 17.6. The summed E-state index contributed by atoms with van der Waals surface area (Å²) in [5, 5.41) is 6.94. The fraction of sp³-hybridized carbons (Fsp3) is 0.750. The quantitative estimate of drug-likeness (QED) is 0.862. The second kappa shape index (κ2) is 4.93. The van der Waals surface area contributed by atoms with Crippen LogP contribution < -0.4 is 11.1 Å². The van der Waals surface area contributed by atoms with E-state index >= 15 is 0 Å². The van der Waals surface area contributed by atoms with E-state index in [1.165, 1.54) is 12.8 Å². The van der Waals surface area contributed by atoms with Gasteiger partial charge in [-0.15, -0.1) is 5.10 Å². The van der Waals surface area contributed by atoms with Crippen molar-refractivity contribution in [2.75, 3.05) is 6.54 Å². The van der Waals surface area contributed by atoms with Crippen LogP contribution in [0.15, 0.2) is 0 Å². The zero-order chi connectivity index (χ0) is 13.3. The molecule has 1 atom stereocenters. The lowest BCUT2D eigenvalue weighted by atomic mass is 9.91. The molecule has 100 valence electrons. The van der Waals surface area contributed by atoms with E-state index in [4.69, 9.17) is 5.73 Å². The van der Waals surface area contributed by atoms with Crippen LogP contribution in [0.2, 0.25) is 0 Å². The van der Waals surface area contributed by atoms with Crippen LogP contribution in [0.5, 0.6) is 0 Å². The summed E-state index contributed by atoms with van der Waals surface area (Å²) in [5.74, 6) is 0.484. The van der Waals surface area contributed by atoms with Gasteiger partial charge >= 0.3 is 0 Å². The SMILES string of the molecule is CC(C)(C)c1nnsc1C(=O)NCC(N)C1CC1. The molecular weight excluding hydrogens is 248 g/mol. The number of carbonyl (C=O) groups excluding carboxylic acids is 1. The summed E-state index contributed by atoms with van der Waals surface area (Å²) < 4.78 is 3.88. The van der Waals surface area contributed by atoms with E-state index in [2.05, 4.69) is 14.9 Å². The van der Waals surface area contributed by atoms with Gasteiger partial charge in [0.15, 0.2) is 0 Å². The fourth-order valence-electron chi connectivity index (χ4n) is 1.81. The molecule has 1 aromatic rings. The Labute approximate surface area is 111 Å². The number of rotatable bonds is 4. The average Bonchev–Trinajstić information content (AvgIpc) is 3.00. The first kappa shape index (κ1) is 13.4. The maximum Gasteiger partial charge on any atom is 0.265 e. The predicted molar refractivity (Wildman–Crippen MR) is 71.6 cm³/mol. The van der Waals surface area contributed by atoms with Crippen molar-refractivity contribution >= 4 is 17.4 Å². The molecule has 0 aliphatic heterocycles. The van der Waals surface area contributed by atoms with Crippen LogP contribution in [-0.2, 0) is 5.41 Å². The predicted octanol–water partition coefficient (Wildman–Crippen LogP) is 1.30. The van der Waals surface area contributed by atoms with Gasteiger partial charge in [0.1, 0.15) is 4.88 Å². The number of carbonyl (C=O) groups is 1. The van der Waals surface area contributed by atoms with E-state index in [-0.39, 0.29) is 17.4 Å². The van der Waals surface area contributed by atoms with Crippen LogP contribution in [0.1, 0.15) is 49.0 Å². The van der Waals surface area contributed by atoms with Gasteiger partial charge < -0.3 is 11.1 Å². The van der Waals surface area contributed by atoms with Gasteiger partial charge in [-0.1, -0.05) is 25.3 Å². The number of nitrogens with one attached hydrogen (secondary N) is 1. The number of nitrogens with two attached hydrogens (primary N) is 1. The summed E-state index contributed by atoms with van der Waals surface area (Å²) >= 11 is 1.15. The molecule has 3 N–H and O–H groups in total. The van der Waals surface area contributed by atoms with Gasteiger partial charge in [0.2, 0.25) is 0 Å². The summed E-state index contributed by atoms with van der Waals surface area (Å²) in [4.78, 5) is 12.7. The maximum absolute atomic E-state index is 12.1. The molecule has 6 heteroatoms. The highest BCUT2D eigenvalue weighted by molar-refractivity contribution is 7.08. The van der Waals surface area contributed by atoms with Crippen molar-refractivity contribution in [3.63, 3.8) is 0 Å². The van der Waals surface area contributed by atoms with Gasteiger partial charge in [0.05, 0.1) is 5.69 Å². The first-order valence-corrected chi connectivity index (χ1v) is 7.03. The minimum absolute atomic E-state index is 0.0768. The molecular formula is C12H20N4OS. The van der Waals surface area contributed by atoms with Crippen LogP contribution in [0.25, 0.3) is 0 Å². The van der Waals surface area contributed by atoms with Crippen molar-refractivity contribution in [3.05, 3.63) is 10.6 Å². The molecule has 0 spiro atoms. The Kier molecular flexibility index (Phi) is 3.68. The molecule has 0 saturated heterocycles. The number of nitrogens with zero attached hydrogens (tertiary/aromatic N) is 2. The zero-order valence-electron chi connectivity index (χ0n) is 11.1. The van der Waals surface area contributed by atoms with E-state index in [9.17, 15) is 4.79 Å². The average molecular weight is 268 g/mol. The molecule has 0 aromatic carbocycles. The molecule has 5 nitrogen and oxygen atoms in total. The van der Waals surface area contributed by atoms with Crippen LogP contribution >= 0.6 is 11.5 Å². The van der Waals surface area contributed by atoms with E-state index in [0.29, 0.717) is 17.3 Å².